The summed E-state index contributed by atoms with van der Waals surface area (Å²) < 4.78 is 2.62. The second kappa shape index (κ2) is 6.27. The zero-order chi connectivity index (χ0) is 13.8. The smallest absolute Gasteiger partial charge is 0.216 e. The standard InChI is InChI=1S/C10H5Br3N6/c11-6-1-7(12)9(8(13)2-6)15-4-5(3-14)10-16-18-19-17-10/h1-2,4,15H,(H,16,17,18,19). The predicted octanol–water partition coefficient (Wildman–Crippen LogP) is 3.46. The highest BCUT2D eigenvalue weighted by atomic mass is 79.9. The zero-order valence-electron chi connectivity index (χ0n) is 9.15. The van der Waals surface area contributed by atoms with E-state index in [-0.39, 0.29) is 11.4 Å². The molecule has 0 aliphatic carbocycles. The summed E-state index contributed by atoms with van der Waals surface area (Å²) >= 11 is 10.3. The third-order valence-electron chi connectivity index (χ3n) is 2.07. The van der Waals surface area contributed by atoms with Gasteiger partial charge in [-0.2, -0.15) is 10.5 Å². The van der Waals surface area contributed by atoms with Crippen molar-refractivity contribution < 1.29 is 0 Å². The van der Waals surface area contributed by atoms with Crippen LogP contribution in [0.3, 0.4) is 0 Å². The Bertz CT molecular complexity index is 635. The van der Waals surface area contributed by atoms with E-state index in [2.05, 4.69) is 73.7 Å². The summed E-state index contributed by atoms with van der Waals surface area (Å²) in [5.74, 6) is 0.236. The largest absolute Gasteiger partial charge is 0.358 e. The second-order valence-corrected chi connectivity index (χ2v) is 5.92. The molecule has 1 heterocycles. The van der Waals surface area contributed by atoms with Crippen LogP contribution in [-0.2, 0) is 0 Å². The predicted molar refractivity (Wildman–Crippen MR) is 80.9 cm³/mol. The average Bonchev–Trinajstić information content (AvgIpc) is 2.86. The number of hydrogen-bond acceptors (Lipinski definition) is 5. The fourth-order valence-corrected chi connectivity index (χ4v) is 3.73. The van der Waals surface area contributed by atoms with Crippen LogP contribution in [0.25, 0.3) is 5.57 Å². The fourth-order valence-electron chi connectivity index (χ4n) is 1.25. The number of aromatic amines is 1. The van der Waals surface area contributed by atoms with E-state index in [0.29, 0.717) is 0 Å². The Hall–Kier alpha value is -1.24. The third kappa shape index (κ3) is 3.40. The van der Waals surface area contributed by atoms with Gasteiger partial charge in [-0.15, -0.1) is 10.2 Å². The molecule has 2 N–H and O–H groups in total. The van der Waals surface area contributed by atoms with Crippen molar-refractivity contribution in [2.45, 2.75) is 0 Å². The monoisotopic (exact) mass is 446 g/mol. The molecule has 6 nitrogen and oxygen atoms in total. The Morgan fingerprint density at radius 3 is 2.53 bits per heavy atom. The fraction of sp³-hybridized carbons (Fsp3) is 0. The molecule has 2 aromatic rings. The summed E-state index contributed by atoms with van der Waals surface area (Å²) in [7, 11) is 0. The number of nitrogens with zero attached hydrogens (tertiary/aromatic N) is 4. The Morgan fingerprint density at radius 2 is 2.00 bits per heavy atom. The van der Waals surface area contributed by atoms with E-state index in [4.69, 9.17) is 5.26 Å². The van der Waals surface area contributed by atoms with Gasteiger partial charge in [0, 0.05) is 19.6 Å². The van der Waals surface area contributed by atoms with Gasteiger partial charge in [-0.1, -0.05) is 15.9 Å². The molecule has 2 rings (SSSR count). The lowest BCUT2D eigenvalue weighted by molar-refractivity contribution is 0.881. The number of aromatic nitrogens is 4. The number of tetrazole rings is 1. The summed E-state index contributed by atoms with van der Waals surface area (Å²) in [6.07, 6.45) is 1.52. The minimum atomic E-state index is 0.236. The van der Waals surface area contributed by atoms with Crippen LogP contribution in [0.15, 0.2) is 31.8 Å². The molecule has 0 fully saturated rings. The van der Waals surface area contributed by atoms with Gasteiger partial charge in [0.15, 0.2) is 0 Å². The molecule has 9 heteroatoms. The van der Waals surface area contributed by atoms with E-state index in [1.807, 2.05) is 18.2 Å². The number of nitriles is 1. The first kappa shape index (κ1) is 14.2. The summed E-state index contributed by atoms with van der Waals surface area (Å²) in [5, 5.41) is 25.3. The third-order valence-corrected chi connectivity index (χ3v) is 3.78. The lowest BCUT2D eigenvalue weighted by Gasteiger charge is -2.08. The number of H-pyrrole nitrogens is 1. The Kier molecular flexibility index (Phi) is 4.68. The summed E-state index contributed by atoms with van der Waals surface area (Å²) in [4.78, 5) is 0. The first-order valence-corrected chi connectivity index (χ1v) is 7.25. The van der Waals surface area contributed by atoms with Crippen molar-refractivity contribution in [2.24, 2.45) is 0 Å². The Balaban J connectivity index is 2.30. The van der Waals surface area contributed by atoms with E-state index >= 15 is 0 Å². The van der Waals surface area contributed by atoms with E-state index in [1.165, 1.54) is 6.20 Å². The molecule has 0 aliphatic rings. The number of allylic oxidation sites excluding steroid dienone is 1. The maximum absolute atomic E-state index is 9.05. The van der Waals surface area contributed by atoms with Crippen LogP contribution in [0, 0.1) is 11.3 Å². The van der Waals surface area contributed by atoms with E-state index in [1.54, 1.807) is 0 Å². The normalized spacial score (nSPS) is 11.2. The van der Waals surface area contributed by atoms with Crippen molar-refractivity contribution in [1.29, 1.82) is 5.26 Å². The van der Waals surface area contributed by atoms with Crippen LogP contribution in [0.2, 0.25) is 0 Å². The van der Waals surface area contributed by atoms with Gasteiger partial charge in [0.05, 0.1) is 5.69 Å². The zero-order valence-corrected chi connectivity index (χ0v) is 13.9. The number of hydrogen-bond donors (Lipinski definition) is 2. The molecular weight excluding hydrogens is 444 g/mol. The maximum atomic E-state index is 9.05. The number of nitrogens with one attached hydrogen (secondary N) is 2. The molecule has 96 valence electrons. The Morgan fingerprint density at radius 1 is 1.32 bits per heavy atom. The van der Waals surface area contributed by atoms with Crippen LogP contribution >= 0.6 is 47.8 Å². The van der Waals surface area contributed by atoms with Crippen molar-refractivity contribution in [3.63, 3.8) is 0 Å². The van der Waals surface area contributed by atoms with Gasteiger partial charge in [-0.3, -0.25) is 0 Å². The van der Waals surface area contributed by atoms with Crippen LogP contribution in [0.5, 0.6) is 0 Å². The van der Waals surface area contributed by atoms with Crippen molar-refractivity contribution in [1.82, 2.24) is 20.6 Å². The number of rotatable bonds is 3. The maximum Gasteiger partial charge on any atom is 0.216 e. The molecule has 0 radical (unpaired) electrons. The quantitative estimate of drug-likeness (QED) is 0.702. The molecule has 0 amide bonds. The summed E-state index contributed by atoms with van der Waals surface area (Å²) in [6, 6.07) is 5.78. The molecule has 0 unspecified atom stereocenters. The van der Waals surface area contributed by atoms with Crippen LogP contribution < -0.4 is 5.32 Å². The number of benzene rings is 1. The number of anilines is 1. The first-order chi connectivity index (χ1) is 9.11. The molecule has 0 aliphatic heterocycles. The van der Waals surface area contributed by atoms with Crippen LogP contribution in [0.1, 0.15) is 5.82 Å². The van der Waals surface area contributed by atoms with Crippen molar-refractivity contribution in [2.75, 3.05) is 5.32 Å². The van der Waals surface area contributed by atoms with Gasteiger partial charge in [0.1, 0.15) is 11.6 Å². The molecule has 1 aromatic heterocycles. The van der Waals surface area contributed by atoms with Crippen LogP contribution in [0.4, 0.5) is 5.69 Å². The van der Waals surface area contributed by atoms with Crippen LogP contribution in [-0.4, -0.2) is 20.6 Å². The second-order valence-electron chi connectivity index (χ2n) is 3.29. The Labute approximate surface area is 133 Å². The van der Waals surface area contributed by atoms with Gasteiger partial charge in [-0.05, 0) is 49.2 Å². The van der Waals surface area contributed by atoms with E-state index in [9.17, 15) is 0 Å². The van der Waals surface area contributed by atoms with Crippen molar-refractivity contribution in [3.8, 4) is 6.07 Å². The van der Waals surface area contributed by atoms with Gasteiger partial charge < -0.3 is 5.32 Å². The molecular formula is C10H5Br3N6. The highest BCUT2D eigenvalue weighted by Gasteiger charge is 2.08. The molecule has 0 spiro atoms. The molecule has 19 heavy (non-hydrogen) atoms. The number of halogens is 3. The molecule has 0 bridgehead atoms. The SMILES string of the molecule is N#CC(=CNc1c(Br)cc(Br)cc1Br)c1nn[nH]n1. The van der Waals surface area contributed by atoms with E-state index in [0.717, 1.165) is 19.1 Å². The molecule has 1 aromatic carbocycles. The van der Waals surface area contributed by atoms with Gasteiger partial charge in [0.2, 0.25) is 5.82 Å². The topological polar surface area (TPSA) is 90.3 Å². The molecule has 0 saturated carbocycles. The van der Waals surface area contributed by atoms with Gasteiger partial charge in [-0.25, -0.2) is 0 Å². The average molecular weight is 449 g/mol. The molecule has 0 saturated heterocycles. The lowest BCUT2D eigenvalue weighted by Crippen LogP contribution is -1.95. The first-order valence-electron chi connectivity index (χ1n) is 4.87. The summed E-state index contributed by atoms with van der Waals surface area (Å²) in [5.41, 5.74) is 1.06. The lowest BCUT2D eigenvalue weighted by atomic mass is 10.3. The highest BCUT2D eigenvalue weighted by Crippen LogP contribution is 2.34. The molecule has 0 atom stereocenters. The van der Waals surface area contributed by atoms with Crippen molar-refractivity contribution in [3.05, 3.63) is 37.6 Å². The highest BCUT2D eigenvalue weighted by molar-refractivity contribution is 9.11. The minimum Gasteiger partial charge on any atom is -0.358 e. The van der Waals surface area contributed by atoms with Crippen molar-refractivity contribution >= 4 is 59.1 Å². The van der Waals surface area contributed by atoms with Gasteiger partial charge in [0.25, 0.3) is 0 Å². The van der Waals surface area contributed by atoms with Gasteiger partial charge >= 0.3 is 0 Å². The summed E-state index contributed by atoms with van der Waals surface area (Å²) in [6.45, 7) is 0. The minimum absolute atomic E-state index is 0.236. The van der Waals surface area contributed by atoms with E-state index < -0.39 is 0 Å².